The number of benzene rings is 1. The minimum atomic E-state index is -0.458. The van der Waals surface area contributed by atoms with Gasteiger partial charge in [0.1, 0.15) is 6.67 Å². The van der Waals surface area contributed by atoms with Gasteiger partial charge in [-0.05, 0) is 33.6 Å². The van der Waals surface area contributed by atoms with Gasteiger partial charge in [-0.15, -0.1) is 24.8 Å². The Kier molecular flexibility index (Phi) is 9.56. The summed E-state index contributed by atoms with van der Waals surface area (Å²) in [7, 11) is 1.49. The summed E-state index contributed by atoms with van der Waals surface area (Å²) in [4.78, 5) is 2.11. The van der Waals surface area contributed by atoms with Crippen LogP contribution in [0.25, 0.3) is 0 Å². The van der Waals surface area contributed by atoms with Crippen molar-refractivity contribution in [1.29, 1.82) is 0 Å². The smallest absolute Gasteiger partial charge is 0.172 e. The molecule has 0 amide bonds. The molecule has 1 atom stereocenters. The normalized spacial score (nSPS) is 16.5. The third kappa shape index (κ3) is 4.86. The summed E-state index contributed by atoms with van der Waals surface area (Å²) >= 11 is 3.28. The van der Waals surface area contributed by atoms with Gasteiger partial charge in [-0.2, -0.15) is 0 Å². The molecule has 0 aliphatic carbocycles. The molecule has 0 spiro atoms. The van der Waals surface area contributed by atoms with Crippen molar-refractivity contribution < 1.29 is 14.2 Å². The summed E-state index contributed by atoms with van der Waals surface area (Å²) in [5.41, 5.74) is 0.811. The van der Waals surface area contributed by atoms with E-state index >= 15 is 0 Å². The first-order valence-corrected chi connectivity index (χ1v) is 7.03. The van der Waals surface area contributed by atoms with Crippen molar-refractivity contribution in [1.82, 2.24) is 10.2 Å². The van der Waals surface area contributed by atoms with Crippen LogP contribution in [0.15, 0.2) is 16.6 Å². The van der Waals surface area contributed by atoms with Crippen LogP contribution >= 0.6 is 40.7 Å². The van der Waals surface area contributed by atoms with Crippen molar-refractivity contribution in [3.05, 3.63) is 22.2 Å². The fourth-order valence-electron chi connectivity index (χ4n) is 2.33. The van der Waals surface area contributed by atoms with Crippen molar-refractivity contribution in [3.8, 4) is 11.5 Å². The fourth-order valence-corrected chi connectivity index (χ4v) is 2.79. The molecule has 0 radical (unpaired) electrons. The standard InChI is InChI=1S/C13H18BrFN2O2.2ClH/c1-19-12-7-9(6-10(14)13(12)18)11(8-15)17-4-2-16-3-5-17;;/h6-7,11,16,18H,2-5,8H2,1H3;2*1H/t11-;;/m0../s1. The maximum absolute atomic E-state index is 13.4. The highest BCUT2D eigenvalue weighted by Crippen LogP contribution is 2.38. The summed E-state index contributed by atoms with van der Waals surface area (Å²) in [6.45, 7) is 2.91. The molecule has 8 heteroatoms. The lowest BCUT2D eigenvalue weighted by molar-refractivity contribution is 0.147. The average Bonchev–Trinajstić information content (AvgIpc) is 2.44. The second-order valence-electron chi connectivity index (χ2n) is 4.51. The minimum Gasteiger partial charge on any atom is -0.503 e. The number of hydrogen-bond donors (Lipinski definition) is 2. The number of aromatic hydroxyl groups is 1. The number of phenols is 1. The summed E-state index contributed by atoms with van der Waals surface area (Å²) in [5.74, 6) is 0.405. The molecule has 1 aromatic rings. The van der Waals surface area contributed by atoms with Crippen molar-refractivity contribution in [3.63, 3.8) is 0 Å². The predicted octanol–water partition coefficient (Wildman–Crippen LogP) is 2.92. The molecule has 1 heterocycles. The van der Waals surface area contributed by atoms with Gasteiger partial charge in [-0.1, -0.05) is 0 Å². The average molecular weight is 406 g/mol. The molecule has 2 rings (SSSR count). The van der Waals surface area contributed by atoms with Crippen molar-refractivity contribution in [2.75, 3.05) is 40.0 Å². The number of piperazine rings is 1. The van der Waals surface area contributed by atoms with Crippen LogP contribution in [0.4, 0.5) is 4.39 Å². The minimum absolute atomic E-state index is 0. The van der Waals surface area contributed by atoms with E-state index in [0.29, 0.717) is 10.2 Å². The molecule has 1 saturated heterocycles. The molecule has 1 aliphatic heterocycles. The van der Waals surface area contributed by atoms with Crippen LogP contribution in [0.5, 0.6) is 11.5 Å². The van der Waals surface area contributed by atoms with E-state index in [-0.39, 0.29) is 36.6 Å². The van der Waals surface area contributed by atoms with Gasteiger partial charge in [0.05, 0.1) is 17.6 Å². The van der Waals surface area contributed by atoms with Gasteiger partial charge in [-0.25, -0.2) is 4.39 Å². The van der Waals surface area contributed by atoms with Gasteiger partial charge in [0.25, 0.3) is 0 Å². The molecule has 0 saturated carbocycles. The molecule has 21 heavy (non-hydrogen) atoms. The zero-order chi connectivity index (χ0) is 13.8. The fraction of sp³-hybridized carbons (Fsp3) is 0.538. The van der Waals surface area contributed by atoms with Crippen molar-refractivity contribution in [2.45, 2.75) is 6.04 Å². The Bertz CT molecular complexity index is 448. The van der Waals surface area contributed by atoms with Crippen molar-refractivity contribution in [2.24, 2.45) is 0 Å². The van der Waals surface area contributed by atoms with Gasteiger partial charge in [0, 0.05) is 26.2 Å². The molecular formula is C13H20BrCl2FN2O2. The van der Waals surface area contributed by atoms with E-state index in [1.807, 2.05) is 0 Å². The summed E-state index contributed by atoms with van der Waals surface area (Å²) in [6.07, 6.45) is 0. The van der Waals surface area contributed by atoms with E-state index in [0.717, 1.165) is 31.7 Å². The number of ether oxygens (including phenoxy) is 1. The maximum atomic E-state index is 13.4. The molecule has 1 fully saturated rings. The summed E-state index contributed by atoms with van der Waals surface area (Å²) in [5, 5.41) is 13.0. The first kappa shape index (κ1) is 20.7. The third-order valence-corrected chi connectivity index (χ3v) is 4.00. The van der Waals surface area contributed by atoms with Crippen LogP contribution < -0.4 is 10.1 Å². The van der Waals surface area contributed by atoms with E-state index in [2.05, 4.69) is 26.1 Å². The quantitative estimate of drug-likeness (QED) is 0.808. The number of hydrogen-bond acceptors (Lipinski definition) is 4. The Morgan fingerprint density at radius 1 is 1.38 bits per heavy atom. The zero-order valence-corrected chi connectivity index (χ0v) is 14.9. The second-order valence-corrected chi connectivity index (χ2v) is 5.36. The molecule has 2 N–H and O–H groups in total. The Morgan fingerprint density at radius 3 is 2.52 bits per heavy atom. The van der Waals surface area contributed by atoms with Crippen LogP contribution in [0.3, 0.4) is 0 Å². The molecular weight excluding hydrogens is 386 g/mol. The Morgan fingerprint density at radius 2 is 2.00 bits per heavy atom. The lowest BCUT2D eigenvalue weighted by Crippen LogP contribution is -2.45. The SMILES string of the molecule is COc1cc([C@H](CF)N2CCNCC2)cc(Br)c1O.Cl.Cl. The van der Waals surface area contributed by atoms with Crippen LogP contribution in [0.2, 0.25) is 0 Å². The number of nitrogens with zero attached hydrogens (tertiary/aromatic N) is 1. The highest BCUT2D eigenvalue weighted by atomic mass is 79.9. The van der Waals surface area contributed by atoms with E-state index in [1.54, 1.807) is 12.1 Å². The van der Waals surface area contributed by atoms with Gasteiger partial charge in [0.2, 0.25) is 0 Å². The Balaban J connectivity index is 0.00000200. The largest absolute Gasteiger partial charge is 0.503 e. The first-order chi connectivity index (χ1) is 9.17. The van der Waals surface area contributed by atoms with E-state index in [1.165, 1.54) is 7.11 Å². The Labute approximate surface area is 145 Å². The molecule has 0 aromatic heterocycles. The first-order valence-electron chi connectivity index (χ1n) is 6.24. The van der Waals surface area contributed by atoms with Gasteiger partial charge in [-0.3, -0.25) is 4.90 Å². The second kappa shape index (κ2) is 9.69. The summed E-state index contributed by atoms with van der Waals surface area (Å²) in [6, 6.07) is 3.16. The van der Waals surface area contributed by atoms with Crippen LogP contribution in [0, 0.1) is 0 Å². The number of phenolic OH excluding ortho intramolecular Hbond substituents is 1. The third-order valence-electron chi connectivity index (χ3n) is 3.39. The van der Waals surface area contributed by atoms with Crippen LogP contribution in [-0.4, -0.2) is 50.0 Å². The highest BCUT2D eigenvalue weighted by molar-refractivity contribution is 9.10. The van der Waals surface area contributed by atoms with E-state index in [9.17, 15) is 9.50 Å². The monoisotopic (exact) mass is 404 g/mol. The van der Waals surface area contributed by atoms with Crippen LogP contribution in [-0.2, 0) is 0 Å². The number of alkyl halides is 1. The maximum Gasteiger partial charge on any atom is 0.172 e. The van der Waals surface area contributed by atoms with Crippen LogP contribution in [0.1, 0.15) is 11.6 Å². The lowest BCUT2D eigenvalue weighted by atomic mass is 10.0. The molecule has 4 nitrogen and oxygen atoms in total. The Hall–Kier alpha value is -0.270. The molecule has 1 aromatic carbocycles. The van der Waals surface area contributed by atoms with E-state index < -0.39 is 6.67 Å². The van der Waals surface area contributed by atoms with Gasteiger partial charge < -0.3 is 15.2 Å². The highest BCUT2D eigenvalue weighted by Gasteiger charge is 2.24. The van der Waals surface area contributed by atoms with Crippen molar-refractivity contribution >= 4 is 40.7 Å². The predicted molar refractivity (Wildman–Crippen MR) is 90.0 cm³/mol. The van der Waals surface area contributed by atoms with E-state index in [4.69, 9.17) is 4.74 Å². The number of rotatable bonds is 4. The van der Waals surface area contributed by atoms with Gasteiger partial charge in [0.15, 0.2) is 11.5 Å². The summed E-state index contributed by atoms with van der Waals surface area (Å²) < 4.78 is 19.1. The molecule has 0 bridgehead atoms. The zero-order valence-electron chi connectivity index (χ0n) is 11.6. The number of methoxy groups -OCH3 is 1. The number of nitrogens with one attached hydrogen (secondary N) is 1. The molecule has 1 aliphatic rings. The topological polar surface area (TPSA) is 44.7 Å². The van der Waals surface area contributed by atoms with Gasteiger partial charge >= 0.3 is 0 Å². The molecule has 0 unspecified atom stereocenters. The number of halogens is 4. The lowest BCUT2D eigenvalue weighted by Gasteiger charge is -2.33. The molecule has 122 valence electrons.